The zero-order valence-corrected chi connectivity index (χ0v) is 16.4. The Kier molecular flexibility index (Phi) is 4.59. The average molecular weight is 415 g/mol. The molecule has 1 aliphatic rings. The molecule has 3 heterocycles. The highest BCUT2D eigenvalue weighted by atomic mass is 19.1. The Bertz CT molecular complexity index is 1240. The van der Waals surface area contributed by atoms with Crippen LogP contribution in [0.4, 0.5) is 10.2 Å². The van der Waals surface area contributed by atoms with E-state index in [-0.39, 0.29) is 17.5 Å². The first kappa shape index (κ1) is 18.8. The van der Waals surface area contributed by atoms with Crippen molar-refractivity contribution < 1.29 is 14.3 Å². The SMILES string of the molecule is O=C(c1ccc(O)cc1)N1CCn2nc(-c3ccc(F)cc3)c(-c3ccncc3)c2N1. The molecule has 0 atom stereocenters. The minimum Gasteiger partial charge on any atom is -0.508 e. The fraction of sp³-hybridized carbons (Fsp3) is 0.0870. The van der Waals surface area contributed by atoms with E-state index in [9.17, 15) is 14.3 Å². The number of benzene rings is 2. The molecule has 2 aromatic carbocycles. The molecule has 2 aromatic heterocycles. The maximum Gasteiger partial charge on any atom is 0.272 e. The van der Waals surface area contributed by atoms with E-state index < -0.39 is 0 Å². The van der Waals surface area contributed by atoms with Gasteiger partial charge in [0, 0.05) is 23.5 Å². The van der Waals surface area contributed by atoms with Crippen LogP contribution < -0.4 is 5.43 Å². The summed E-state index contributed by atoms with van der Waals surface area (Å²) in [5, 5.41) is 15.8. The molecule has 4 aromatic rings. The fourth-order valence-corrected chi connectivity index (χ4v) is 3.63. The van der Waals surface area contributed by atoms with Crippen molar-refractivity contribution in [1.29, 1.82) is 0 Å². The molecule has 0 fully saturated rings. The van der Waals surface area contributed by atoms with Crippen LogP contribution in [-0.2, 0) is 6.54 Å². The molecule has 7 nitrogen and oxygen atoms in total. The Morgan fingerprint density at radius 2 is 1.65 bits per heavy atom. The smallest absolute Gasteiger partial charge is 0.272 e. The van der Waals surface area contributed by atoms with Gasteiger partial charge in [0.15, 0.2) is 5.82 Å². The number of halogens is 1. The molecule has 2 N–H and O–H groups in total. The fourth-order valence-electron chi connectivity index (χ4n) is 3.63. The number of fused-ring (bicyclic) bond motifs is 1. The Morgan fingerprint density at radius 1 is 0.935 bits per heavy atom. The lowest BCUT2D eigenvalue weighted by Gasteiger charge is -2.30. The standard InChI is InChI=1S/C23H18FN5O2/c24-18-5-1-16(2-6-18)21-20(15-9-11-25-12-10-15)22-27-29(14-13-28(22)26-21)23(31)17-3-7-19(30)8-4-17/h1-12,27,30H,13-14H2. The van der Waals surface area contributed by atoms with Crippen LogP contribution in [0.2, 0.25) is 0 Å². The lowest BCUT2D eigenvalue weighted by molar-refractivity contribution is 0.0774. The van der Waals surface area contributed by atoms with Crippen LogP contribution in [0.15, 0.2) is 73.1 Å². The first-order chi connectivity index (χ1) is 15.1. The van der Waals surface area contributed by atoms with Crippen molar-refractivity contribution >= 4 is 11.7 Å². The molecule has 0 bridgehead atoms. The number of nitrogens with zero attached hydrogens (tertiary/aromatic N) is 4. The summed E-state index contributed by atoms with van der Waals surface area (Å²) >= 11 is 0. The normalized spacial score (nSPS) is 12.9. The van der Waals surface area contributed by atoms with Crippen LogP contribution in [0, 0.1) is 5.82 Å². The first-order valence-corrected chi connectivity index (χ1v) is 9.75. The second-order valence-corrected chi connectivity index (χ2v) is 7.15. The predicted molar refractivity (Wildman–Crippen MR) is 114 cm³/mol. The summed E-state index contributed by atoms with van der Waals surface area (Å²) in [5.74, 6) is 0.243. The molecule has 1 amide bonds. The van der Waals surface area contributed by atoms with E-state index in [1.807, 2.05) is 16.8 Å². The van der Waals surface area contributed by atoms with Crippen LogP contribution in [-0.4, -0.2) is 37.3 Å². The number of carbonyl (C=O) groups excluding carboxylic acids is 1. The number of aromatic hydroxyl groups is 1. The quantitative estimate of drug-likeness (QED) is 0.530. The minimum atomic E-state index is -0.318. The summed E-state index contributed by atoms with van der Waals surface area (Å²) in [6.07, 6.45) is 3.38. The molecular formula is C23H18FN5O2. The number of carbonyl (C=O) groups is 1. The van der Waals surface area contributed by atoms with Gasteiger partial charge in [-0.25, -0.2) is 14.1 Å². The van der Waals surface area contributed by atoms with Crippen LogP contribution in [0.1, 0.15) is 10.4 Å². The maximum atomic E-state index is 13.5. The molecule has 0 aliphatic carbocycles. The highest BCUT2D eigenvalue weighted by Crippen LogP contribution is 2.39. The molecule has 0 radical (unpaired) electrons. The number of hydrazine groups is 1. The number of aromatic nitrogens is 3. The van der Waals surface area contributed by atoms with Crippen molar-refractivity contribution in [1.82, 2.24) is 19.8 Å². The van der Waals surface area contributed by atoms with Crippen molar-refractivity contribution in [3.8, 4) is 28.1 Å². The average Bonchev–Trinajstić information content (AvgIpc) is 3.19. The van der Waals surface area contributed by atoms with Crippen LogP contribution in [0.25, 0.3) is 22.4 Å². The van der Waals surface area contributed by atoms with Crippen LogP contribution >= 0.6 is 0 Å². The zero-order chi connectivity index (χ0) is 21.4. The Morgan fingerprint density at radius 3 is 2.35 bits per heavy atom. The Balaban J connectivity index is 1.57. The second kappa shape index (κ2) is 7.56. The van der Waals surface area contributed by atoms with Crippen LogP contribution in [0.5, 0.6) is 5.75 Å². The summed E-state index contributed by atoms with van der Waals surface area (Å²) in [7, 11) is 0. The molecule has 5 rings (SSSR count). The predicted octanol–water partition coefficient (Wildman–Crippen LogP) is 3.94. The monoisotopic (exact) mass is 415 g/mol. The highest BCUT2D eigenvalue weighted by molar-refractivity contribution is 5.96. The molecule has 31 heavy (non-hydrogen) atoms. The number of hydrogen-bond acceptors (Lipinski definition) is 5. The third kappa shape index (κ3) is 3.48. The molecule has 8 heteroatoms. The van der Waals surface area contributed by atoms with E-state index in [2.05, 4.69) is 10.4 Å². The summed E-state index contributed by atoms with van der Waals surface area (Å²) in [6.45, 7) is 0.901. The van der Waals surface area contributed by atoms with Gasteiger partial charge in [0.1, 0.15) is 17.3 Å². The second-order valence-electron chi connectivity index (χ2n) is 7.15. The van der Waals surface area contributed by atoms with Crippen molar-refractivity contribution in [2.24, 2.45) is 0 Å². The molecule has 154 valence electrons. The zero-order valence-electron chi connectivity index (χ0n) is 16.4. The van der Waals surface area contributed by atoms with Gasteiger partial charge >= 0.3 is 0 Å². The number of hydrogen-bond donors (Lipinski definition) is 2. The number of amides is 1. The third-order valence-corrected chi connectivity index (χ3v) is 5.17. The Labute approximate surface area is 177 Å². The van der Waals surface area contributed by atoms with Crippen LogP contribution in [0.3, 0.4) is 0 Å². The van der Waals surface area contributed by atoms with E-state index in [1.54, 1.807) is 36.7 Å². The maximum absolute atomic E-state index is 13.5. The number of phenols is 1. The number of nitrogens with one attached hydrogen (secondary N) is 1. The molecule has 0 saturated heterocycles. The molecule has 1 aliphatic heterocycles. The number of pyridine rings is 1. The van der Waals surface area contributed by atoms with Gasteiger partial charge in [-0.3, -0.25) is 15.2 Å². The van der Waals surface area contributed by atoms with E-state index >= 15 is 0 Å². The van der Waals surface area contributed by atoms with Gasteiger partial charge in [-0.05, 0) is 66.2 Å². The molecule has 0 spiro atoms. The molecular weight excluding hydrogens is 397 g/mol. The van der Waals surface area contributed by atoms with Crippen molar-refractivity contribution in [3.05, 3.63) is 84.4 Å². The van der Waals surface area contributed by atoms with E-state index in [0.717, 1.165) is 16.7 Å². The summed E-state index contributed by atoms with van der Waals surface area (Å²) in [5.41, 5.74) is 6.81. The molecule has 0 unspecified atom stereocenters. The van der Waals surface area contributed by atoms with E-state index in [4.69, 9.17) is 5.10 Å². The topological polar surface area (TPSA) is 83.3 Å². The van der Waals surface area contributed by atoms with E-state index in [1.165, 1.54) is 29.3 Å². The van der Waals surface area contributed by atoms with E-state index in [0.29, 0.717) is 30.2 Å². The number of phenolic OH excluding ortho intramolecular Hbond substituents is 1. The summed E-state index contributed by atoms with van der Waals surface area (Å²) in [6, 6.07) is 16.0. The first-order valence-electron chi connectivity index (χ1n) is 9.75. The number of anilines is 1. The van der Waals surface area contributed by atoms with Gasteiger partial charge in [0.25, 0.3) is 5.91 Å². The van der Waals surface area contributed by atoms with Gasteiger partial charge in [-0.15, -0.1) is 0 Å². The van der Waals surface area contributed by atoms with Crippen molar-refractivity contribution in [3.63, 3.8) is 0 Å². The summed E-state index contributed by atoms with van der Waals surface area (Å²) < 4.78 is 15.3. The van der Waals surface area contributed by atoms with Gasteiger partial charge in [0.2, 0.25) is 0 Å². The van der Waals surface area contributed by atoms with Gasteiger partial charge in [-0.1, -0.05) is 0 Å². The van der Waals surface area contributed by atoms with Crippen molar-refractivity contribution in [2.75, 3.05) is 12.0 Å². The third-order valence-electron chi connectivity index (χ3n) is 5.17. The molecule has 0 saturated carbocycles. The summed E-state index contributed by atoms with van der Waals surface area (Å²) in [4.78, 5) is 17.1. The number of rotatable bonds is 3. The largest absolute Gasteiger partial charge is 0.508 e. The lowest BCUT2D eigenvalue weighted by Crippen LogP contribution is -2.43. The lowest BCUT2D eigenvalue weighted by atomic mass is 10.0. The van der Waals surface area contributed by atoms with Crippen molar-refractivity contribution in [2.45, 2.75) is 6.54 Å². The highest BCUT2D eigenvalue weighted by Gasteiger charge is 2.28. The minimum absolute atomic E-state index is 0.102. The van der Waals surface area contributed by atoms with Gasteiger partial charge in [0.05, 0.1) is 18.7 Å². The van der Waals surface area contributed by atoms with Gasteiger partial charge < -0.3 is 5.11 Å². The Hall–Kier alpha value is -4.20. The van der Waals surface area contributed by atoms with Gasteiger partial charge in [-0.2, -0.15) is 5.10 Å².